The van der Waals surface area contributed by atoms with Crippen LogP contribution in [0.15, 0.2) is 100 Å². The predicted octanol–water partition coefficient (Wildman–Crippen LogP) is 5.73. The van der Waals surface area contributed by atoms with Crippen molar-refractivity contribution < 1.29 is 4.79 Å². The first-order chi connectivity index (χ1) is 21.1. The monoisotopic (exact) mass is 607 g/mol. The summed E-state index contributed by atoms with van der Waals surface area (Å²) in [5.41, 5.74) is 4.31. The molecule has 0 spiro atoms. The van der Waals surface area contributed by atoms with Crippen molar-refractivity contribution in [2.45, 2.75) is 36.2 Å². The highest BCUT2D eigenvalue weighted by molar-refractivity contribution is 7.98. The van der Waals surface area contributed by atoms with Crippen molar-refractivity contribution in [3.8, 4) is 5.69 Å². The van der Waals surface area contributed by atoms with Crippen molar-refractivity contribution in [2.75, 3.05) is 13.1 Å². The predicted molar refractivity (Wildman–Crippen MR) is 169 cm³/mol. The Morgan fingerprint density at radius 1 is 0.930 bits per heavy atom. The molecular weight excluding hydrogens is 579 g/mol. The largest absolute Gasteiger partial charge is 0.337 e. The molecule has 1 N–H and O–H groups in total. The lowest BCUT2D eigenvalue weighted by Gasteiger charge is -2.32. The van der Waals surface area contributed by atoms with Gasteiger partial charge in [-0.15, -0.1) is 21.5 Å². The number of imidazole rings is 1. The highest BCUT2D eigenvalue weighted by Crippen LogP contribution is 2.29. The number of amides is 1. The standard InChI is InChI=1S/C32H29N7O2S2/c40-30(37-17-15-24(16-18-37)38-27-14-8-7-13-25(27)34-31(38)41)26-20-42-29(33-26)21-43-32-36-35-28(19-22-9-3-1-4-10-22)39(32)23-11-5-2-6-12-23/h1-14,20,24H,15-19,21H2,(H,34,41). The number of carbonyl (C=O) groups excluding carboxylic acids is 1. The van der Waals surface area contributed by atoms with Gasteiger partial charge in [0.15, 0.2) is 5.16 Å². The fraction of sp³-hybridized carbons (Fsp3) is 0.219. The maximum Gasteiger partial charge on any atom is 0.326 e. The van der Waals surface area contributed by atoms with Crippen molar-refractivity contribution in [2.24, 2.45) is 0 Å². The number of nitrogens with one attached hydrogen (secondary N) is 1. The Labute approximate surface area is 256 Å². The van der Waals surface area contributed by atoms with Crippen LogP contribution in [-0.2, 0) is 12.2 Å². The first kappa shape index (κ1) is 27.4. The third-order valence-electron chi connectivity index (χ3n) is 7.76. The lowest BCUT2D eigenvalue weighted by molar-refractivity contribution is 0.0689. The first-order valence-electron chi connectivity index (χ1n) is 14.2. The van der Waals surface area contributed by atoms with Gasteiger partial charge in [-0.1, -0.05) is 72.4 Å². The van der Waals surface area contributed by atoms with Gasteiger partial charge in [-0.25, -0.2) is 9.78 Å². The molecule has 1 fully saturated rings. The number of thioether (sulfide) groups is 1. The molecule has 0 aliphatic carbocycles. The lowest BCUT2D eigenvalue weighted by atomic mass is 10.0. The molecule has 3 aromatic heterocycles. The van der Waals surface area contributed by atoms with Gasteiger partial charge in [-0.3, -0.25) is 13.9 Å². The van der Waals surface area contributed by atoms with Gasteiger partial charge >= 0.3 is 5.69 Å². The molecule has 216 valence electrons. The molecule has 0 atom stereocenters. The SMILES string of the molecule is O=C(c1csc(CSc2nnc(Cc3ccccc3)n2-c2ccccc2)n1)N1CCC(n2c(=O)[nH]c3ccccc32)CC1. The number of rotatable bonds is 8. The highest BCUT2D eigenvalue weighted by atomic mass is 32.2. The van der Waals surface area contributed by atoms with Gasteiger partial charge in [0.2, 0.25) is 0 Å². The molecule has 9 nitrogen and oxygen atoms in total. The maximum atomic E-state index is 13.3. The van der Waals surface area contributed by atoms with Crippen molar-refractivity contribution in [1.82, 2.24) is 34.2 Å². The minimum atomic E-state index is -0.0945. The number of carbonyl (C=O) groups is 1. The zero-order valence-electron chi connectivity index (χ0n) is 23.3. The van der Waals surface area contributed by atoms with Gasteiger partial charge in [-0.05, 0) is 42.7 Å². The summed E-state index contributed by atoms with van der Waals surface area (Å²) in [7, 11) is 0. The van der Waals surface area contributed by atoms with E-state index in [0.717, 1.165) is 45.6 Å². The van der Waals surface area contributed by atoms with E-state index in [1.807, 2.05) is 75.5 Å². The molecule has 1 aliphatic heterocycles. The van der Waals surface area contributed by atoms with Crippen LogP contribution in [0.25, 0.3) is 16.7 Å². The highest BCUT2D eigenvalue weighted by Gasteiger charge is 2.28. The Balaban J connectivity index is 1.02. The number of aromatic amines is 1. The summed E-state index contributed by atoms with van der Waals surface area (Å²) in [5.74, 6) is 1.39. The maximum absolute atomic E-state index is 13.3. The quantitative estimate of drug-likeness (QED) is 0.222. The molecule has 11 heteroatoms. The number of hydrogen-bond donors (Lipinski definition) is 1. The van der Waals surface area contributed by atoms with E-state index in [0.29, 0.717) is 31.0 Å². The van der Waals surface area contributed by atoms with E-state index in [9.17, 15) is 9.59 Å². The number of thiazole rings is 1. The van der Waals surface area contributed by atoms with E-state index in [-0.39, 0.29) is 17.6 Å². The molecule has 1 aliphatic rings. The number of fused-ring (bicyclic) bond motifs is 1. The lowest BCUT2D eigenvalue weighted by Crippen LogP contribution is -2.40. The number of likely N-dealkylation sites (tertiary alicyclic amines) is 1. The van der Waals surface area contributed by atoms with Gasteiger partial charge in [0.1, 0.15) is 16.5 Å². The number of H-pyrrole nitrogens is 1. The summed E-state index contributed by atoms with van der Waals surface area (Å²) in [5, 5.41) is 12.5. The second-order valence-corrected chi connectivity index (χ2v) is 12.4. The number of piperidine rings is 1. The molecule has 1 saturated heterocycles. The van der Waals surface area contributed by atoms with E-state index in [1.54, 1.807) is 11.8 Å². The average Bonchev–Trinajstić information content (AvgIpc) is 3.77. The normalized spacial score (nSPS) is 14.0. The number of aromatic nitrogens is 6. The van der Waals surface area contributed by atoms with Crippen molar-refractivity contribution in [1.29, 1.82) is 0 Å². The van der Waals surface area contributed by atoms with Crippen LogP contribution in [0.1, 0.15) is 45.8 Å². The van der Waals surface area contributed by atoms with Crippen LogP contribution in [0, 0.1) is 0 Å². The topological polar surface area (TPSA) is 102 Å². The smallest absolute Gasteiger partial charge is 0.326 e. The van der Waals surface area contributed by atoms with Crippen LogP contribution < -0.4 is 5.69 Å². The van der Waals surface area contributed by atoms with Gasteiger partial charge in [0.25, 0.3) is 5.91 Å². The Morgan fingerprint density at radius 3 is 2.44 bits per heavy atom. The number of hydrogen-bond acceptors (Lipinski definition) is 7. The summed E-state index contributed by atoms with van der Waals surface area (Å²) >= 11 is 3.05. The Morgan fingerprint density at radius 2 is 1.65 bits per heavy atom. The van der Waals surface area contributed by atoms with Crippen LogP contribution in [-0.4, -0.2) is 53.2 Å². The van der Waals surface area contributed by atoms with Gasteiger partial charge in [0, 0.05) is 36.6 Å². The third-order valence-corrected chi connectivity index (χ3v) is 9.73. The van der Waals surface area contributed by atoms with E-state index >= 15 is 0 Å². The molecule has 0 unspecified atom stereocenters. The first-order valence-corrected chi connectivity index (χ1v) is 16.1. The van der Waals surface area contributed by atoms with E-state index in [1.165, 1.54) is 16.9 Å². The van der Waals surface area contributed by atoms with Crippen molar-refractivity contribution >= 4 is 40.0 Å². The van der Waals surface area contributed by atoms with Gasteiger partial charge in [-0.2, -0.15) is 0 Å². The van der Waals surface area contributed by atoms with Crippen LogP contribution in [0.4, 0.5) is 0 Å². The van der Waals surface area contributed by atoms with Crippen LogP contribution in [0.2, 0.25) is 0 Å². The summed E-state index contributed by atoms with van der Waals surface area (Å²) in [6, 6.07) is 28.2. The van der Waals surface area contributed by atoms with Gasteiger partial charge < -0.3 is 9.88 Å². The molecule has 0 saturated carbocycles. The molecule has 6 aromatic rings. The molecular formula is C32H29N7O2S2. The van der Waals surface area contributed by atoms with E-state index in [4.69, 9.17) is 4.98 Å². The fourth-order valence-electron chi connectivity index (χ4n) is 5.65. The van der Waals surface area contributed by atoms with Crippen molar-refractivity contribution in [3.63, 3.8) is 0 Å². The second kappa shape index (κ2) is 12.0. The number of benzene rings is 3. The van der Waals surface area contributed by atoms with Crippen LogP contribution in [0.3, 0.4) is 0 Å². The second-order valence-electron chi connectivity index (χ2n) is 10.5. The summed E-state index contributed by atoms with van der Waals surface area (Å²) < 4.78 is 3.94. The van der Waals surface area contributed by atoms with Gasteiger partial charge in [0.05, 0.1) is 16.8 Å². The Hall–Kier alpha value is -4.48. The van der Waals surface area contributed by atoms with Crippen LogP contribution >= 0.6 is 23.1 Å². The summed E-state index contributed by atoms with van der Waals surface area (Å²) in [6.07, 6.45) is 2.12. The Bertz CT molecular complexity index is 1920. The van der Waals surface area contributed by atoms with E-state index in [2.05, 4.69) is 44.0 Å². The third kappa shape index (κ3) is 5.65. The molecule has 0 radical (unpaired) electrons. The van der Waals surface area contributed by atoms with Crippen molar-refractivity contribution in [3.05, 3.63) is 123 Å². The zero-order chi connectivity index (χ0) is 29.2. The molecule has 7 rings (SSSR count). The summed E-state index contributed by atoms with van der Waals surface area (Å²) in [6.45, 7) is 1.17. The summed E-state index contributed by atoms with van der Waals surface area (Å²) in [4.78, 5) is 35.5. The molecule has 0 bridgehead atoms. The minimum Gasteiger partial charge on any atom is -0.337 e. The van der Waals surface area contributed by atoms with Crippen LogP contribution in [0.5, 0.6) is 0 Å². The minimum absolute atomic E-state index is 0.0591. The zero-order valence-corrected chi connectivity index (χ0v) is 24.9. The average molecular weight is 608 g/mol. The molecule has 1 amide bonds. The fourth-order valence-corrected chi connectivity index (χ4v) is 7.41. The number of para-hydroxylation sites is 3. The Kier molecular flexibility index (Phi) is 7.65. The molecule has 3 aromatic carbocycles. The van der Waals surface area contributed by atoms with E-state index < -0.39 is 0 Å². The number of nitrogens with zero attached hydrogens (tertiary/aromatic N) is 6. The molecule has 43 heavy (non-hydrogen) atoms. The molecule has 4 heterocycles.